The third kappa shape index (κ3) is 6.52. The lowest BCUT2D eigenvalue weighted by atomic mass is 10.1. The standard InChI is InChI=1S/C13H27N3OS/c1-3-16-8-6-12(11-16)10-15-13(18)14-7-5-9-17-4-2/h12H,3-11H2,1-2H3,(H2,14,15,18). The first kappa shape index (κ1) is 15.7. The Morgan fingerprint density at radius 3 is 2.89 bits per heavy atom. The van der Waals surface area contributed by atoms with E-state index in [1.807, 2.05) is 6.92 Å². The van der Waals surface area contributed by atoms with E-state index < -0.39 is 0 Å². The Hall–Kier alpha value is -0.390. The van der Waals surface area contributed by atoms with Crippen LogP contribution in [0.15, 0.2) is 0 Å². The summed E-state index contributed by atoms with van der Waals surface area (Å²) in [6, 6.07) is 0. The Bertz CT molecular complexity index is 238. The molecular weight excluding hydrogens is 246 g/mol. The molecule has 2 N–H and O–H groups in total. The highest BCUT2D eigenvalue weighted by atomic mass is 32.1. The van der Waals surface area contributed by atoms with Gasteiger partial charge in [0, 0.05) is 32.8 Å². The van der Waals surface area contributed by atoms with Gasteiger partial charge in [-0.25, -0.2) is 0 Å². The highest BCUT2D eigenvalue weighted by Crippen LogP contribution is 2.14. The fraction of sp³-hybridized carbons (Fsp3) is 0.923. The molecule has 1 aliphatic rings. The second-order valence-electron chi connectivity index (χ2n) is 4.74. The summed E-state index contributed by atoms with van der Waals surface area (Å²) in [6.07, 6.45) is 2.29. The van der Waals surface area contributed by atoms with Gasteiger partial charge in [0.05, 0.1) is 0 Å². The first-order valence-electron chi connectivity index (χ1n) is 7.08. The fourth-order valence-electron chi connectivity index (χ4n) is 2.19. The average molecular weight is 273 g/mol. The largest absolute Gasteiger partial charge is 0.382 e. The third-order valence-electron chi connectivity index (χ3n) is 3.32. The van der Waals surface area contributed by atoms with E-state index in [9.17, 15) is 0 Å². The summed E-state index contributed by atoms with van der Waals surface area (Å²) in [7, 11) is 0. The molecule has 1 fully saturated rings. The number of ether oxygens (including phenoxy) is 1. The predicted molar refractivity (Wildman–Crippen MR) is 79.9 cm³/mol. The maximum Gasteiger partial charge on any atom is 0.166 e. The molecule has 0 aromatic carbocycles. The first-order chi connectivity index (χ1) is 8.76. The smallest absolute Gasteiger partial charge is 0.166 e. The van der Waals surface area contributed by atoms with Crippen molar-refractivity contribution in [1.29, 1.82) is 0 Å². The van der Waals surface area contributed by atoms with Crippen LogP contribution in [0.2, 0.25) is 0 Å². The normalized spacial score (nSPS) is 20.0. The zero-order chi connectivity index (χ0) is 13.2. The van der Waals surface area contributed by atoms with Gasteiger partial charge < -0.3 is 20.3 Å². The van der Waals surface area contributed by atoms with Crippen LogP contribution in [0.3, 0.4) is 0 Å². The summed E-state index contributed by atoms with van der Waals surface area (Å²) >= 11 is 5.25. The van der Waals surface area contributed by atoms with E-state index >= 15 is 0 Å². The molecule has 1 unspecified atom stereocenters. The van der Waals surface area contributed by atoms with Gasteiger partial charge in [-0.15, -0.1) is 0 Å². The van der Waals surface area contributed by atoms with E-state index in [4.69, 9.17) is 17.0 Å². The summed E-state index contributed by atoms with van der Waals surface area (Å²) in [5.41, 5.74) is 0. The second kappa shape index (κ2) is 9.53. The van der Waals surface area contributed by atoms with Crippen LogP contribution in [0.4, 0.5) is 0 Å². The quantitative estimate of drug-likeness (QED) is 0.514. The number of hydrogen-bond acceptors (Lipinski definition) is 3. The van der Waals surface area contributed by atoms with Gasteiger partial charge in [0.15, 0.2) is 5.11 Å². The number of hydrogen-bond donors (Lipinski definition) is 2. The van der Waals surface area contributed by atoms with Gasteiger partial charge >= 0.3 is 0 Å². The molecule has 1 aliphatic heterocycles. The van der Waals surface area contributed by atoms with Gasteiger partial charge in [-0.05, 0) is 51.0 Å². The van der Waals surface area contributed by atoms with E-state index in [0.29, 0.717) is 0 Å². The molecule has 1 atom stereocenters. The third-order valence-corrected chi connectivity index (χ3v) is 3.61. The zero-order valence-corrected chi connectivity index (χ0v) is 12.5. The molecular formula is C13H27N3OS. The molecule has 0 bridgehead atoms. The summed E-state index contributed by atoms with van der Waals surface area (Å²) in [5, 5.41) is 7.31. The Morgan fingerprint density at radius 1 is 1.39 bits per heavy atom. The van der Waals surface area contributed by atoms with Gasteiger partial charge in [0.25, 0.3) is 0 Å². The SMILES string of the molecule is CCOCCCNC(=S)NCC1CCN(CC)C1. The summed E-state index contributed by atoms with van der Waals surface area (Å²) < 4.78 is 5.27. The Balaban J connectivity index is 1.97. The van der Waals surface area contributed by atoms with Crippen molar-refractivity contribution < 1.29 is 4.74 Å². The molecule has 0 aromatic heterocycles. The highest BCUT2D eigenvalue weighted by molar-refractivity contribution is 7.80. The molecule has 5 heteroatoms. The van der Waals surface area contributed by atoms with E-state index in [0.717, 1.165) is 50.3 Å². The van der Waals surface area contributed by atoms with Crippen LogP contribution in [0.25, 0.3) is 0 Å². The van der Waals surface area contributed by atoms with Gasteiger partial charge in [-0.1, -0.05) is 6.92 Å². The molecule has 0 spiro atoms. The summed E-state index contributed by atoms with van der Waals surface area (Å²) in [6.45, 7) is 11.3. The number of rotatable bonds is 8. The number of nitrogens with one attached hydrogen (secondary N) is 2. The Labute approximate surface area is 116 Å². The fourth-order valence-corrected chi connectivity index (χ4v) is 2.37. The lowest BCUT2D eigenvalue weighted by molar-refractivity contribution is 0.145. The highest BCUT2D eigenvalue weighted by Gasteiger charge is 2.20. The molecule has 0 aromatic rings. The van der Waals surface area contributed by atoms with Gasteiger partial charge in [-0.2, -0.15) is 0 Å². The molecule has 106 valence electrons. The van der Waals surface area contributed by atoms with Gasteiger partial charge in [0.1, 0.15) is 0 Å². The van der Waals surface area contributed by atoms with Crippen molar-refractivity contribution >= 4 is 17.3 Å². The first-order valence-corrected chi connectivity index (χ1v) is 7.48. The van der Waals surface area contributed by atoms with Crippen LogP contribution in [-0.2, 0) is 4.74 Å². The van der Waals surface area contributed by atoms with Crippen molar-refractivity contribution in [2.45, 2.75) is 26.7 Å². The number of thiocarbonyl (C=S) groups is 1. The molecule has 0 amide bonds. The predicted octanol–water partition coefficient (Wildman–Crippen LogP) is 1.22. The van der Waals surface area contributed by atoms with Crippen LogP contribution < -0.4 is 10.6 Å². The van der Waals surface area contributed by atoms with E-state index in [1.165, 1.54) is 19.5 Å². The van der Waals surface area contributed by atoms with Crippen LogP contribution in [0.1, 0.15) is 26.7 Å². The molecule has 0 radical (unpaired) electrons. The van der Waals surface area contributed by atoms with Crippen molar-refractivity contribution in [2.24, 2.45) is 5.92 Å². The average Bonchev–Trinajstić information content (AvgIpc) is 2.84. The van der Waals surface area contributed by atoms with Crippen molar-refractivity contribution in [3.63, 3.8) is 0 Å². The minimum absolute atomic E-state index is 0.744. The van der Waals surface area contributed by atoms with Crippen LogP contribution >= 0.6 is 12.2 Å². The lowest BCUT2D eigenvalue weighted by Gasteiger charge is -2.15. The Morgan fingerprint density at radius 2 is 2.22 bits per heavy atom. The molecule has 1 heterocycles. The van der Waals surface area contributed by atoms with E-state index in [-0.39, 0.29) is 0 Å². The maximum atomic E-state index is 5.27. The van der Waals surface area contributed by atoms with E-state index in [2.05, 4.69) is 22.5 Å². The van der Waals surface area contributed by atoms with Crippen molar-refractivity contribution in [1.82, 2.24) is 15.5 Å². The van der Waals surface area contributed by atoms with Crippen molar-refractivity contribution in [3.05, 3.63) is 0 Å². The summed E-state index contributed by atoms with van der Waals surface area (Å²) in [4.78, 5) is 2.49. The topological polar surface area (TPSA) is 36.5 Å². The summed E-state index contributed by atoms with van der Waals surface area (Å²) in [5.74, 6) is 0.744. The number of nitrogens with zero attached hydrogens (tertiary/aromatic N) is 1. The molecule has 4 nitrogen and oxygen atoms in total. The van der Waals surface area contributed by atoms with Crippen LogP contribution in [0.5, 0.6) is 0 Å². The second-order valence-corrected chi connectivity index (χ2v) is 5.14. The zero-order valence-electron chi connectivity index (χ0n) is 11.7. The number of likely N-dealkylation sites (tertiary alicyclic amines) is 1. The minimum Gasteiger partial charge on any atom is -0.382 e. The maximum absolute atomic E-state index is 5.27. The van der Waals surface area contributed by atoms with Gasteiger partial charge in [0.2, 0.25) is 0 Å². The lowest BCUT2D eigenvalue weighted by Crippen LogP contribution is -2.39. The monoisotopic (exact) mass is 273 g/mol. The Kier molecular flexibility index (Phi) is 8.29. The van der Waals surface area contributed by atoms with E-state index in [1.54, 1.807) is 0 Å². The molecule has 18 heavy (non-hydrogen) atoms. The molecule has 1 rings (SSSR count). The van der Waals surface area contributed by atoms with Crippen molar-refractivity contribution in [3.8, 4) is 0 Å². The van der Waals surface area contributed by atoms with Gasteiger partial charge in [-0.3, -0.25) is 0 Å². The van der Waals surface area contributed by atoms with Crippen LogP contribution in [0, 0.1) is 5.92 Å². The molecule has 1 saturated heterocycles. The van der Waals surface area contributed by atoms with Crippen LogP contribution in [-0.4, -0.2) is 55.9 Å². The minimum atomic E-state index is 0.744. The van der Waals surface area contributed by atoms with Crippen molar-refractivity contribution in [2.75, 3.05) is 45.9 Å². The molecule has 0 saturated carbocycles. The molecule has 0 aliphatic carbocycles.